The highest BCUT2D eigenvalue weighted by Crippen LogP contribution is 2.41. The largest absolute Gasteiger partial charge is 0.383 e. The highest BCUT2D eigenvalue weighted by Gasteiger charge is 2.41. The van der Waals surface area contributed by atoms with Gasteiger partial charge < -0.3 is 19.5 Å². The molecule has 1 saturated heterocycles. The van der Waals surface area contributed by atoms with Crippen LogP contribution in [0.15, 0.2) is 48.7 Å². The second-order valence-corrected chi connectivity index (χ2v) is 8.65. The monoisotopic (exact) mass is 434 g/mol. The van der Waals surface area contributed by atoms with Gasteiger partial charge >= 0.3 is 0 Å². The molecular formula is C25H30N4OS. The van der Waals surface area contributed by atoms with Crippen molar-refractivity contribution in [3.8, 4) is 5.69 Å². The number of pyridine rings is 1. The third kappa shape index (κ3) is 3.98. The van der Waals surface area contributed by atoms with E-state index in [1.54, 1.807) is 7.11 Å². The van der Waals surface area contributed by atoms with Gasteiger partial charge in [0.15, 0.2) is 5.11 Å². The molecule has 0 unspecified atom stereocenters. The Balaban J connectivity index is 1.84. The van der Waals surface area contributed by atoms with Gasteiger partial charge in [0.05, 0.1) is 24.4 Å². The van der Waals surface area contributed by atoms with Crippen molar-refractivity contribution in [3.63, 3.8) is 0 Å². The Labute approximate surface area is 190 Å². The highest BCUT2D eigenvalue weighted by atomic mass is 32.1. The third-order valence-corrected chi connectivity index (χ3v) is 6.48. The van der Waals surface area contributed by atoms with Crippen LogP contribution < -0.4 is 5.32 Å². The minimum Gasteiger partial charge on any atom is -0.383 e. The number of ether oxygens (including phenoxy) is 1. The molecule has 1 N–H and O–H groups in total. The van der Waals surface area contributed by atoms with Crippen molar-refractivity contribution in [2.45, 2.75) is 39.8 Å². The zero-order chi connectivity index (χ0) is 22.1. The van der Waals surface area contributed by atoms with Crippen molar-refractivity contribution >= 4 is 17.3 Å². The number of methoxy groups -OCH3 is 1. The fraction of sp³-hybridized carbons (Fsp3) is 0.360. The van der Waals surface area contributed by atoms with E-state index in [4.69, 9.17) is 17.0 Å². The molecular weight excluding hydrogens is 404 g/mol. The second-order valence-electron chi connectivity index (χ2n) is 8.26. The smallest absolute Gasteiger partial charge is 0.170 e. The third-order valence-electron chi connectivity index (χ3n) is 6.13. The average molecular weight is 435 g/mol. The summed E-state index contributed by atoms with van der Waals surface area (Å²) in [4.78, 5) is 6.89. The lowest BCUT2D eigenvalue weighted by molar-refractivity contribution is 0.164. The number of aromatic nitrogens is 2. The van der Waals surface area contributed by atoms with Crippen LogP contribution in [0.5, 0.6) is 0 Å². The molecule has 31 heavy (non-hydrogen) atoms. The van der Waals surface area contributed by atoms with Crippen LogP contribution in [-0.4, -0.2) is 39.8 Å². The molecule has 1 aliphatic heterocycles. The topological polar surface area (TPSA) is 42.3 Å². The van der Waals surface area contributed by atoms with E-state index in [9.17, 15) is 0 Å². The number of nitrogens with zero attached hydrogens (tertiary/aromatic N) is 3. The first-order valence-corrected chi connectivity index (χ1v) is 11.1. The Hall–Kier alpha value is -2.70. The fourth-order valence-electron chi connectivity index (χ4n) is 4.59. The van der Waals surface area contributed by atoms with Crippen molar-refractivity contribution in [2.75, 3.05) is 20.3 Å². The van der Waals surface area contributed by atoms with Gasteiger partial charge in [0, 0.05) is 36.9 Å². The van der Waals surface area contributed by atoms with Crippen LogP contribution in [0.25, 0.3) is 5.69 Å². The molecule has 0 radical (unpaired) electrons. The van der Waals surface area contributed by atoms with E-state index >= 15 is 0 Å². The number of thiocarbonyl (C=S) groups is 1. The number of aryl methyl sites for hydroxylation is 3. The number of nitrogens with one attached hydrogen (secondary N) is 1. The summed E-state index contributed by atoms with van der Waals surface area (Å²) in [6.07, 6.45) is 1.84. The van der Waals surface area contributed by atoms with Gasteiger partial charge in [-0.3, -0.25) is 4.98 Å². The maximum Gasteiger partial charge on any atom is 0.170 e. The van der Waals surface area contributed by atoms with E-state index in [2.05, 4.69) is 77.8 Å². The van der Waals surface area contributed by atoms with Crippen molar-refractivity contribution in [1.82, 2.24) is 19.8 Å². The maximum absolute atomic E-state index is 5.75. The summed E-state index contributed by atoms with van der Waals surface area (Å²) < 4.78 is 7.75. The number of benzene rings is 1. The van der Waals surface area contributed by atoms with Crippen LogP contribution in [0.4, 0.5) is 0 Å². The molecule has 0 bridgehead atoms. The number of hydrogen-bond acceptors (Lipinski definition) is 3. The van der Waals surface area contributed by atoms with Gasteiger partial charge in [-0.05, 0) is 80.9 Å². The molecule has 0 spiro atoms. The summed E-state index contributed by atoms with van der Waals surface area (Å²) in [5, 5.41) is 4.27. The fourth-order valence-corrected chi connectivity index (χ4v) is 4.92. The van der Waals surface area contributed by atoms with Crippen molar-refractivity contribution < 1.29 is 4.74 Å². The van der Waals surface area contributed by atoms with Crippen LogP contribution in [-0.2, 0) is 4.74 Å². The van der Waals surface area contributed by atoms with Crippen LogP contribution in [0.1, 0.15) is 45.9 Å². The van der Waals surface area contributed by atoms with E-state index in [1.165, 1.54) is 33.8 Å². The van der Waals surface area contributed by atoms with Crippen molar-refractivity contribution in [3.05, 3.63) is 82.4 Å². The van der Waals surface area contributed by atoms with Crippen LogP contribution >= 0.6 is 12.2 Å². The van der Waals surface area contributed by atoms with Crippen LogP contribution in [0.2, 0.25) is 0 Å². The molecule has 4 rings (SSSR count). The zero-order valence-corrected chi connectivity index (χ0v) is 19.7. The van der Waals surface area contributed by atoms with E-state index in [0.717, 1.165) is 17.4 Å². The van der Waals surface area contributed by atoms with E-state index < -0.39 is 0 Å². The summed E-state index contributed by atoms with van der Waals surface area (Å²) in [7, 11) is 1.73. The molecule has 2 atom stereocenters. The average Bonchev–Trinajstić information content (AvgIpc) is 3.24. The molecule has 1 aliphatic rings. The van der Waals surface area contributed by atoms with Gasteiger partial charge in [-0.15, -0.1) is 0 Å². The normalized spacial score (nSPS) is 18.5. The standard InChI is InChI=1S/C25H30N4OS/c1-16-9-10-17(2)22(14-16)29-18(3)15-20(19(29)4)24-23(21-8-6-7-11-26-21)27-25(31)28(24)12-13-30-5/h6-11,14-15,23-24H,12-13H2,1-5H3,(H,27,31)/t23-,24-/m0/s1. The summed E-state index contributed by atoms with van der Waals surface area (Å²) in [5.41, 5.74) is 8.44. The van der Waals surface area contributed by atoms with Crippen LogP contribution in [0, 0.1) is 27.7 Å². The number of rotatable bonds is 6. The summed E-state index contributed by atoms with van der Waals surface area (Å²) in [5.74, 6) is 0. The lowest BCUT2D eigenvalue weighted by atomic mass is 9.97. The maximum atomic E-state index is 5.75. The van der Waals surface area contributed by atoms with Gasteiger partial charge in [-0.25, -0.2) is 0 Å². The van der Waals surface area contributed by atoms with Gasteiger partial charge in [-0.1, -0.05) is 18.2 Å². The quantitative estimate of drug-likeness (QED) is 0.569. The Morgan fingerprint density at radius 1 is 1.10 bits per heavy atom. The van der Waals surface area contributed by atoms with E-state index in [-0.39, 0.29) is 12.1 Å². The van der Waals surface area contributed by atoms with Crippen molar-refractivity contribution in [1.29, 1.82) is 0 Å². The molecule has 0 amide bonds. The van der Waals surface area contributed by atoms with Gasteiger partial charge in [0.1, 0.15) is 0 Å². The Morgan fingerprint density at radius 3 is 2.61 bits per heavy atom. The minimum atomic E-state index is -0.0156. The van der Waals surface area contributed by atoms with Crippen molar-refractivity contribution in [2.24, 2.45) is 0 Å². The highest BCUT2D eigenvalue weighted by molar-refractivity contribution is 7.80. The molecule has 0 saturated carbocycles. The predicted octanol–water partition coefficient (Wildman–Crippen LogP) is 4.72. The second kappa shape index (κ2) is 8.81. The molecule has 1 aromatic carbocycles. The van der Waals surface area contributed by atoms with E-state index in [1.807, 2.05) is 18.3 Å². The first-order chi connectivity index (χ1) is 14.9. The molecule has 0 aliphatic carbocycles. The molecule has 162 valence electrons. The minimum absolute atomic E-state index is 0.0156. The predicted molar refractivity (Wildman–Crippen MR) is 129 cm³/mol. The first kappa shape index (κ1) is 21.5. The molecule has 5 nitrogen and oxygen atoms in total. The molecule has 3 aromatic rings. The van der Waals surface area contributed by atoms with E-state index in [0.29, 0.717) is 6.61 Å². The summed E-state index contributed by atoms with van der Waals surface area (Å²) in [6.45, 7) is 10.0. The zero-order valence-electron chi connectivity index (χ0n) is 18.8. The molecule has 2 aromatic heterocycles. The Morgan fingerprint density at radius 2 is 1.90 bits per heavy atom. The van der Waals surface area contributed by atoms with Crippen LogP contribution in [0.3, 0.4) is 0 Å². The molecule has 3 heterocycles. The lowest BCUT2D eigenvalue weighted by Gasteiger charge is -2.28. The summed E-state index contributed by atoms with van der Waals surface area (Å²) >= 11 is 5.75. The van der Waals surface area contributed by atoms with Gasteiger partial charge in [-0.2, -0.15) is 0 Å². The molecule has 6 heteroatoms. The van der Waals surface area contributed by atoms with Gasteiger partial charge in [0.2, 0.25) is 0 Å². The molecule has 1 fully saturated rings. The Bertz CT molecular complexity index is 1090. The van der Waals surface area contributed by atoms with Gasteiger partial charge in [0.25, 0.3) is 0 Å². The summed E-state index contributed by atoms with van der Waals surface area (Å²) in [6, 6.07) is 15.0. The first-order valence-electron chi connectivity index (χ1n) is 10.7. The lowest BCUT2D eigenvalue weighted by Crippen LogP contribution is -2.32. The SMILES string of the molecule is COCCN1C(=S)N[C@@H](c2ccccn2)[C@@H]1c1cc(C)n(-c2cc(C)ccc2C)c1C. The number of hydrogen-bond donors (Lipinski definition) is 1. The Kier molecular flexibility index (Phi) is 6.12.